The van der Waals surface area contributed by atoms with Crippen LogP contribution in [0.25, 0.3) is 0 Å². The van der Waals surface area contributed by atoms with Gasteiger partial charge in [-0.15, -0.1) is 0 Å². The third-order valence-corrected chi connectivity index (χ3v) is 7.33. The highest BCUT2D eigenvalue weighted by molar-refractivity contribution is 6.33. The number of methoxy groups -OCH3 is 1. The van der Waals surface area contributed by atoms with Gasteiger partial charge < -0.3 is 19.7 Å². The summed E-state index contributed by atoms with van der Waals surface area (Å²) in [5.41, 5.74) is 2.71. The summed E-state index contributed by atoms with van der Waals surface area (Å²) in [7, 11) is 1.25. The molecule has 1 N–H and O–H groups in total. The minimum Gasteiger partial charge on any atom is -0.466 e. The Labute approximate surface area is 232 Å². The Morgan fingerprint density at radius 2 is 1.69 bits per heavy atom. The highest BCUT2D eigenvalue weighted by atomic mass is 35.5. The van der Waals surface area contributed by atoms with Gasteiger partial charge in [0.05, 0.1) is 39.8 Å². The first-order chi connectivity index (χ1) is 18.7. The molecule has 2 heterocycles. The third kappa shape index (κ3) is 6.23. The van der Waals surface area contributed by atoms with Crippen LogP contribution >= 0.6 is 11.6 Å². The first kappa shape index (κ1) is 28.1. The van der Waals surface area contributed by atoms with Crippen molar-refractivity contribution in [2.75, 3.05) is 51.3 Å². The summed E-state index contributed by atoms with van der Waals surface area (Å²) in [5.74, 6) is -2.11. The average molecular weight is 555 g/mol. The summed E-state index contributed by atoms with van der Waals surface area (Å²) >= 11 is 6.34. The zero-order chi connectivity index (χ0) is 28.1. The minimum absolute atomic E-state index is 0.144. The van der Waals surface area contributed by atoms with Crippen molar-refractivity contribution >= 4 is 34.9 Å². The van der Waals surface area contributed by atoms with Gasteiger partial charge in [0.2, 0.25) is 0 Å². The molecular weight excluding hydrogens is 524 g/mol. The van der Waals surface area contributed by atoms with Gasteiger partial charge >= 0.3 is 11.9 Å². The van der Waals surface area contributed by atoms with Crippen LogP contribution in [0.5, 0.6) is 0 Å². The Balaban J connectivity index is 1.46. The van der Waals surface area contributed by atoms with E-state index >= 15 is 0 Å². The average Bonchev–Trinajstić information content (AvgIpc) is 2.93. The van der Waals surface area contributed by atoms with Gasteiger partial charge in [0.1, 0.15) is 6.61 Å². The maximum atomic E-state index is 13.4. The van der Waals surface area contributed by atoms with Gasteiger partial charge in [-0.1, -0.05) is 35.9 Å². The molecule has 0 bridgehead atoms. The van der Waals surface area contributed by atoms with Crippen LogP contribution in [-0.2, 0) is 19.1 Å². The molecular formula is C28H31ClN4O6. The number of hydrogen-bond donors (Lipinski definition) is 1. The number of esters is 2. The summed E-state index contributed by atoms with van der Waals surface area (Å²) in [5, 5.41) is 15.2. The molecule has 10 nitrogen and oxygen atoms in total. The van der Waals surface area contributed by atoms with Crippen LogP contribution in [0, 0.1) is 10.1 Å². The molecule has 0 amide bonds. The smallest absolute Gasteiger partial charge is 0.336 e. The summed E-state index contributed by atoms with van der Waals surface area (Å²) in [6.07, 6.45) is 0. The van der Waals surface area contributed by atoms with E-state index in [-0.39, 0.29) is 23.4 Å². The molecule has 2 aromatic rings. The van der Waals surface area contributed by atoms with Crippen molar-refractivity contribution in [3.05, 3.63) is 91.8 Å². The number of carbonyl (C=O) groups excluding carboxylic acids is 2. The maximum absolute atomic E-state index is 13.4. The van der Waals surface area contributed by atoms with Crippen molar-refractivity contribution in [1.82, 2.24) is 10.2 Å². The first-order valence-electron chi connectivity index (χ1n) is 12.6. The second kappa shape index (κ2) is 12.3. The molecule has 0 spiro atoms. The highest BCUT2D eigenvalue weighted by Crippen LogP contribution is 2.40. The van der Waals surface area contributed by atoms with E-state index in [1.807, 2.05) is 24.3 Å². The Morgan fingerprint density at radius 3 is 2.33 bits per heavy atom. The molecule has 0 radical (unpaired) electrons. The van der Waals surface area contributed by atoms with Crippen molar-refractivity contribution in [3.63, 3.8) is 0 Å². The second-order valence-corrected chi connectivity index (χ2v) is 9.80. The molecule has 1 saturated heterocycles. The molecule has 1 atom stereocenters. The van der Waals surface area contributed by atoms with Crippen LogP contribution in [-0.4, -0.2) is 68.2 Å². The number of piperazine rings is 1. The van der Waals surface area contributed by atoms with E-state index in [0.29, 0.717) is 23.5 Å². The van der Waals surface area contributed by atoms with Crippen LogP contribution in [0.1, 0.15) is 25.3 Å². The van der Waals surface area contributed by atoms with Crippen LogP contribution in [0.4, 0.5) is 11.4 Å². The summed E-state index contributed by atoms with van der Waals surface area (Å²) in [6.45, 7) is 7.28. The number of halogens is 1. The second-order valence-electron chi connectivity index (χ2n) is 9.40. The van der Waals surface area contributed by atoms with Crippen LogP contribution in [0.15, 0.2) is 71.1 Å². The van der Waals surface area contributed by atoms with E-state index < -0.39 is 22.8 Å². The number of para-hydroxylation sites is 1. The molecule has 0 saturated carbocycles. The van der Waals surface area contributed by atoms with E-state index in [4.69, 9.17) is 21.1 Å². The summed E-state index contributed by atoms with van der Waals surface area (Å²) in [4.78, 5) is 41.6. The number of non-ortho nitro benzene ring substituents is 1. The number of nitrogens with zero attached hydrogens (tertiary/aromatic N) is 3. The fourth-order valence-electron chi connectivity index (χ4n) is 5.06. The summed E-state index contributed by atoms with van der Waals surface area (Å²) < 4.78 is 10.7. The third-order valence-electron chi connectivity index (χ3n) is 7.01. The number of hydrogen-bond acceptors (Lipinski definition) is 9. The molecule has 206 valence electrons. The van der Waals surface area contributed by atoms with Crippen molar-refractivity contribution in [3.8, 4) is 0 Å². The number of nitrogens with one attached hydrogen (secondary N) is 1. The lowest BCUT2D eigenvalue weighted by atomic mass is 9.80. The van der Waals surface area contributed by atoms with Gasteiger partial charge in [0.15, 0.2) is 0 Å². The van der Waals surface area contributed by atoms with Crippen LogP contribution < -0.4 is 10.2 Å². The fourth-order valence-corrected chi connectivity index (χ4v) is 5.32. The molecule has 0 aromatic heterocycles. The first-order valence-corrected chi connectivity index (χ1v) is 13.0. The number of dihydropyridines is 1. The zero-order valence-corrected chi connectivity index (χ0v) is 22.9. The number of ether oxygens (including phenoxy) is 2. The highest BCUT2D eigenvalue weighted by Gasteiger charge is 2.38. The molecule has 11 heteroatoms. The van der Waals surface area contributed by atoms with E-state index in [2.05, 4.69) is 15.1 Å². The van der Waals surface area contributed by atoms with Crippen LogP contribution in [0.2, 0.25) is 5.02 Å². The maximum Gasteiger partial charge on any atom is 0.336 e. The Bertz CT molecular complexity index is 1330. The molecule has 1 unspecified atom stereocenters. The van der Waals surface area contributed by atoms with Crippen molar-refractivity contribution in [2.45, 2.75) is 19.8 Å². The fraction of sp³-hybridized carbons (Fsp3) is 0.357. The van der Waals surface area contributed by atoms with Crippen molar-refractivity contribution in [2.24, 2.45) is 0 Å². The lowest BCUT2D eigenvalue weighted by Crippen LogP contribution is -2.47. The predicted molar refractivity (Wildman–Crippen MR) is 147 cm³/mol. The molecule has 39 heavy (non-hydrogen) atoms. The predicted octanol–water partition coefficient (Wildman–Crippen LogP) is 4.02. The summed E-state index contributed by atoms with van der Waals surface area (Å²) in [6, 6.07) is 13.7. The van der Waals surface area contributed by atoms with Crippen LogP contribution in [0.3, 0.4) is 0 Å². The number of benzene rings is 2. The van der Waals surface area contributed by atoms with Gasteiger partial charge in [-0.05, 0) is 31.5 Å². The van der Waals surface area contributed by atoms with Crippen molar-refractivity contribution in [1.29, 1.82) is 0 Å². The minimum atomic E-state index is -0.884. The van der Waals surface area contributed by atoms with Crippen molar-refractivity contribution < 1.29 is 24.0 Å². The van der Waals surface area contributed by atoms with E-state index in [1.54, 1.807) is 19.9 Å². The van der Waals surface area contributed by atoms with Gasteiger partial charge in [-0.2, -0.15) is 0 Å². The lowest BCUT2D eigenvalue weighted by Gasteiger charge is -2.36. The normalized spacial score (nSPS) is 18.1. The lowest BCUT2D eigenvalue weighted by molar-refractivity contribution is -0.384. The molecule has 0 aliphatic carbocycles. The van der Waals surface area contributed by atoms with Gasteiger partial charge in [0, 0.05) is 56.3 Å². The standard InChI is InChI=1S/C28H31ClN4O6/c1-18-24(27(34)38-3)26(20-7-6-8-21(17-20)33(36)37)25(19(2)30-18)28(35)39-16-15-31-11-13-32(14-12-31)23-10-5-4-9-22(23)29/h4-10,17,26,30H,11-16H2,1-3H3. The number of anilines is 1. The molecule has 2 aliphatic rings. The number of carbonyl (C=O) groups is 2. The quantitative estimate of drug-likeness (QED) is 0.293. The van der Waals surface area contributed by atoms with E-state index in [9.17, 15) is 19.7 Å². The van der Waals surface area contributed by atoms with Gasteiger partial charge in [-0.25, -0.2) is 9.59 Å². The van der Waals surface area contributed by atoms with Gasteiger partial charge in [-0.3, -0.25) is 15.0 Å². The Morgan fingerprint density at radius 1 is 1.03 bits per heavy atom. The molecule has 1 fully saturated rings. The number of allylic oxidation sites excluding steroid dienone is 2. The number of nitro benzene ring substituents is 1. The molecule has 4 rings (SSSR count). The number of rotatable bonds is 8. The Kier molecular flexibility index (Phi) is 8.88. The van der Waals surface area contributed by atoms with Gasteiger partial charge in [0.25, 0.3) is 5.69 Å². The molecule has 2 aromatic carbocycles. The SMILES string of the molecule is COC(=O)C1=C(C)NC(C)=C(C(=O)OCCN2CCN(c3ccccc3Cl)CC2)C1c1cccc([N+](=O)[O-])c1. The zero-order valence-electron chi connectivity index (χ0n) is 22.1. The van der Waals surface area contributed by atoms with E-state index in [0.717, 1.165) is 36.9 Å². The monoisotopic (exact) mass is 554 g/mol. The van der Waals surface area contributed by atoms with E-state index in [1.165, 1.54) is 25.3 Å². The molecule has 2 aliphatic heterocycles. The Hall–Kier alpha value is -3.89. The topological polar surface area (TPSA) is 114 Å². The number of nitro groups is 1. The largest absolute Gasteiger partial charge is 0.466 e.